The molecule has 5 rings (SSSR count). The highest BCUT2D eigenvalue weighted by Gasteiger charge is 2.30. The van der Waals surface area contributed by atoms with Gasteiger partial charge in [0.15, 0.2) is 0 Å². The van der Waals surface area contributed by atoms with Crippen LogP contribution in [0.5, 0.6) is 11.5 Å². The Morgan fingerprint density at radius 2 is 1.91 bits per heavy atom. The molecule has 0 aliphatic heterocycles. The van der Waals surface area contributed by atoms with Crippen molar-refractivity contribution in [2.75, 3.05) is 19.5 Å². The van der Waals surface area contributed by atoms with Gasteiger partial charge in [0, 0.05) is 17.4 Å². The fraction of sp³-hybridized carbons (Fsp3) is 0.250. The van der Waals surface area contributed by atoms with E-state index in [0.717, 1.165) is 23.2 Å². The summed E-state index contributed by atoms with van der Waals surface area (Å²) in [5.74, 6) is 0.379. The maximum atomic E-state index is 13.4. The first-order chi connectivity index (χ1) is 16.5. The number of rotatable bonds is 7. The van der Waals surface area contributed by atoms with Gasteiger partial charge >= 0.3 is 0 Å². The van der Waals surface area contributed by atoms with Gasteiger partial charge in [0.1, 0.15) is 29.4 Å². The van der Waals surface area contributed by atoms with Gasteiger partial charge in [-0.05, 0) is 49.2 Å². The maximum absolute atomic E-state index is 13.4. The fourth-order valence-electron chi connectivity index (χ4n) is 3.87. The molecule has 9 nitrogen and oxygen atoms in total. The molecule has 0 spiro atoms. The number of benzene rings is 2. The van der Waals surface area contributed by atoms with Crippen LogP contribution in [0.3, 0.4) is 0 Å². The van der Waals surface area contributed by atoms with Crippen LogP contribution in [0.1, 0.15) is 24.5 Å². The summed E-state index contributed by atoms with van der Waals surface area (Å²) in [4.78, 5) is 26.3. The summed E-state index contributed by atoms with van der Waals surface area (Å²) < 4.78 is 26.6. The summed E-state index contributed by atoms with van der Waals surface area (Å²) in [5.41, 5.74) is 1.53. The van der Waals surface area contributed by atoms with Gasteiger partial charge in [-0.2, -0.15) is 10.2 Å². The average Bonchev–Trinajstić information content (AvgIpc) is 3.59. The predicted octanol–water partition coefficient (Wildman–Crippen LogP) is 3.25. The summed E-state index contributed by atoms with van der Waals surface area (Å²) >= 11 is 0. The lowest BCUT2D eigenvalue weighted by molar-refractivity contribution is -0.117. The summed E-state index contributed by atoms with van der Waals surface area (Å²) in [6, 6.07) is 10.7. The van der Waals surface area contributed by atoms with Crippen molar-refractivity contribution in [1.29, 1.82) is 0 Å². The Labute approximate surface area is 193 Å². The molecule has 1 aliphatic carbocycles. The van der Waals surface area contributed by atoms with E-state index in [1.54, 1.807) is 36.5 Å². The van der Waals surface area contributed by atoms with Crippen molar-refractivity contribution in [3.8, 4) is 17.2 Å². The van der Waals surface area contributed by atoms with E-state index in [2.05, 4.69) is 15.5 Å². The molecule has 174 valence electrons. The highest BCUT2D eigenvalue weighted by molar-refractivity contribution is 5.92. The number of halogens is 1. The van der Waals surface area contributed by atoms with Gasteiger partial charge in [0.25, 0.3) is 5.56 Å². The molecule has 2 aromatic heterocycles. The van der Waals surface area contributed by atoms with E-state index in [1.807, 2.05) is 0 Å². The van der Waals surface area contributed by atoms with E-state index in [9.17, 15) is 14.0 Å². The van der Waals surface area contributed by atoms with Crippen LogP contribution in [-0.4, -0.2) is 39.7 Å². The van der Waals surface area contributed by atoms with Crippen molar-refractivity contribution in [2.24, 2.45) is 0 Å². The second kappa shape index (κ2) is 8.62. The highest BCUT2D eigenvalue weighted by Crippen LogP contribution is 2.41. The number of aromatic nitrogens is 4. The van der Waals surface area contributed by atoms with Gasteiger partial charge in [-0.15, -0.1) is 0 Å². The standard InChI is InChI=1S/C24H22FN5O4/c1-33-17-9-10-20(34-2)19(11-17)27-21(31)13-29-24(32)23-18(22(28-29)14-3-4-14)12-26-30(23)16-7-5-15(25)6-8-16/h5-12,14H,3-4,13H2,1-2H3,(H,27,31). The van der Waals surface area contributed by atoms with Crippen LogP contribution >= 0.6 is 0 Å². The van der Waals surface area contributed by atoms with Crippen molar-refractivity contribution in [2.45, 2.75) is 25.3 Å². The number of amides is 1. The van der Waals surface area contributed by atoms with Gasteiger partial charge < -0.3 is 14.8 Å². The minimum Gasteiger partial charge on any atom is -0.497 e. The summed E-state index contributed by atoms with van der Waals surface area (Å²) in [7, 11) is 3.02. The SMILES string of the molecule is COc1ccc(OC)c(NC(=O)Cn2nc(C3CC3)c3cnn(-c4ccc(F)cc4)c3c2=O)c1. The Morgan fingerprint density at radius 3 is 2.59 bits per heavy atom. The van der Waals surface area contributed by atoms with E-state index in [0.29, 0.717) is 33.8 Å². The van der Waals surface area contributed by atoms with E-state index >= 15 is 0 Å². The fourth-order valence-corrected chi connectivity index (χ4v) is 3.87. The lowest BCUT2D eigenvalue weighted by Gasteiger charge is -2.13. The molecule has 0 bridgehead atoms. The average molecular weight is 463 g/mol. The van der Waals surface area contributed by atoms with Gasteiger partial charge in [-0.1, -0.05) is 0 Å². The first kappa shape index (κ1) is 21.6. The summed E-state index contributed by atoms with van der Waals surface area (Å²) in [5, 5.41) is 12.3. The monoisotopic (exact) mass is 463 g/mol. The Bertz CT molecular complexity index is 1440. The second-order valence-corrected chi connectivity index (χ2v) is 8.03. The van der Waals surface area contributed by atoms with Crippen LogP contribution in [-0.2, 0) is 11.3 Å². The number of fused-ring (bicyclic) bond motifs is 1. The van der Waals surface area contributed by atoms with Crippen molar-refractivity contribution in [3.63, 3.8) is 0 Å². The molecule has 2 aromatic carbocycles. The molecule has 1 N–H and O–H groups in total. The molecular weight excluding hydrogens is 441 g/mol. The third kappa shape index (κ3) is 3.98. The van der Waals surface area contributed by atoms with Crippen molar-refractivity contribution in [1.82, 2.24) is 19.6 Å². The smallest absolute Gasteiger partial charge is 0.293 e. The molecule has 0 atom stereocenters. The molecule has 0 radical (unpaired) electrons. The normalized spacial score (nSPS) is 13.1. The number of nitrogens with one attached hydrogen (secondary N) is 1. The van der Waals surface area contributed by atoms with Crippen molar-refractivity contribution >= 4 is 22.5 Å². The number of ether oxygens (including phenoxy) is 2. The largest absolute Gasteiger partial charge is 0.497 e. The number of carbonyl (C=O) groups is 1. The second-order valence-electron chi connectivity index (χ2n) is 8.03. The Balaban J connectivity index is 1.53. The van der Waals surface area contributed by atoms with Crippen LogP contribution in [0.25, 0.3) is 16.6 Å². The first-order valence-electron chi connectivity index (χ1n) is 10.7. The van der Waals surface area contributed by atoms with Crippen LogP contribution in [0.2, 0.25) is 0 Å². The van der Waals surface area contributed by atoms with Crippen molar-refractivity contribution < 1.29 is 18.7 Å². The Morgan fingerprint density at radius 1 is 1.15 bits per heavy atom. The molecule has 1 amide bonds. The molecule has 10 heteroatoms. The first-order valence-corrected chi connectivity index (χ1v) is 10.7. The predicted molar refractivity (Wildman–Crippen MR) is 123 cm³/mol. The number of hydrogen-bond acceptors (Lipinski definition) is 6. The van der Waals surface area contributed by atoms with Crippen LogP contribution < -0.4 is 20.3 Å². The van der Waals surface area contributed by atoms with Crippen LogP contribution in [0.15, 0.2) is 53.5 Å². The number of carbonyl (C=O) groups excluding carboxylic acids is 1. The zero-order valence-electron chi connectivity index (χ0n) is 18.6. The number of anilines is 1. The minimum atomic E-state index is -0.464. The topological polar surface area (TPSA) is 100 Å². The zero-order valence-corrected chi connectivity index (χ0v) is 18.6. The molecule has 0 unspecified atom stereocenters. The van der Waals surface area contributed by atoms with E-state index < -0.39 is 11.5 Å². The molecule has 2 heterocycles. The molecule has 4 aromatic rings. The summed E-state index contributed by atoms with van der Waals surface area (Å²) in [6.45, 7) is -0.302. The van der Waals surface area contributed by atoms with Crippen molar-refractivity contribution in [3.05, 3.63) is 70.5 Å². The molecule has 34 heavy (non-hydrogen) atoms. The molecular formula is C24H22FN5O4. The Hall–Kier alpha value is -4.21. The van der Waals surface area contributed by atoms with Gasteiger partial charge in [-0.3, -0.25) is 9.59 Å². The van der Waals surface area contributed by atoms with Gasteiger partial charge in [0.2, 0.25) is 5.91 Å². The van der Waals surface area contributed by atoms with E-state index in [-0.39, 0.29) is 18.3 Å². The molecule has 1 fully saturated rings. The van der Waals surface area contributed by atoms with E-state index in [4.69, 9.17) is 9.47 Å². The van der Waals surface area contributed by atoms with Gasteiger partial charge in [-0.25, -0.2) is 13.8 Å². The summed E-state index contributed by atoms with van der Waals surface area (Å²) in [6.07, 6.45) is 3.51. The van der Waals surface area contributed by atoms with Gasteiger partial charge in [0.05, 0.1) is 37.5 Å². The molecule has 1 saturated carbocycles. The lowest BCUT2D eigenvalue weighted by atomic mass is 10.2. The molecule has 1 aliphatic rings. The molecule has 0 saturated heterocycles. The third-order valence-corrected chi connectivity index (χ3v) is 5.72. The number of nitrogens with zero attached hydrogens (tertiary/aromatic N) is 4. The lowest BCUT2D eigenvalue weighted by Crippen LogP contribution is -2.31. The third-order valence-electron chi connectivity index (χ3n) is 5.72. The number of hydrogen-bond donors (Lipinski definition) is 1. The van der Waals surface area contributed by atoms with Crippen LogP contribution in [0, 0.1) is 5.82 Å². The van der Waals surface area contributed by atoms with E-state index in [1.165, 1.54) is 31.0 Å². The highest BCUT2D eigenvalue weighted by atomic mass is 19.1. The Kier molecular flexibility index (Phi) is 5.48. The minimum absolute atomic E-state index is 0.210. The zero-order chi connectivity index (χ0) is 23.8. The number of methoxy groups -OCH3 is 2. The maximum Gasteiger partial charge on any atom is 0.293 e. The quantitative estimate of drug-likeness (QED) is 0.452. The van der Waals surface area contributed by atoms with Crippen LogP contribution in [0.4, 0.5) is 10.1 Å².